The molecule has 3 N–H and O–H groups in total. The monoisotopic (exact) mass is 274 g/mol. The zero-order chi connectivity index (χ0) is 15.0. The van der Waals surface area contributed by atoms with Crippen molar-refractivity contribution < 1.29 is 14.7 Å². The molecule has 5 heteroatoms. The van der Waals surface area contributed by atoms with Gasteiger partial charge in [0, 0.05) is 5.69 Å². The highest BCUT2D eigenvalue weighted by molar-refractivity contribution is 5.89. The van der Waals surface area contributed by atoms with E-state index in [0.29, 0.717) is 12.2 Å². The predicted molar refractivity (Wildman–Crippen MR) is 77.6 cm³/mol. The highest BCUT2D eigenvalue weighted by atomic mass is 16.4. The first-order valence-electron chi connectivity index (χ1n) is 6.29. The smallest absolute Gasteiger partial charge is 0.319 e. The van der Waals surface area contributed by atoms with Crippen LogP contribution in [0, 0.1) is 11.8 Å². The maximum Gasteiger partial charge on any atom is 0.319 e. The van der Waals surface area contributed by atoms with E-state index in [1.807, 2.05) is 19.1 Å². The molecule has 0 aromatic heterocycles. The molecule has 1 aromatic carbocycles. The number of rotatable bonds is 5. The average molecular weight is 274 g/mol. The predicted octanol–water partition coefficient (Wildman–Crippen LogP) is 2.41. The van der Waals surface area contributed by atoms with Crippen LogP contribution in [0.2, 0.25) is 0 Å². The summed E-state index contributed by atoms with van der Waals surface area (Å²) in [4.78, 5) is 22.1. The Morgan fingerprint density at radius 2 is 1.95 bits per heavy atom. The summed E-state index contributed by atoms with van der Waals surface area (Å²) in [5, 5.41) is 14.0. The standard InChI is InChI=1S/C15H18N2O3/c1-3-4-9-16-15(20)17-13-7-5-12(6-8-13)11(2)10-14(18)19/h5-8,11H,9-10H2,1-2H3,(H,18,19)(H2,16,17,20). The van der Waals surface area contributed by atoms with Gasteiger partial charge in [0.25, 0.3) is 0 Å². The van der Waals surface area contributed by atoms with E-state index in [0.717, 1.165) is 5.56 Å². The second-order valence-corrected chi connectivity index (χ2v) is 4.36. The molecule has 1 unspecified atom stereocenters. The third kappa shape index (κ3) is 5.44. The van der Waals surface area contributed by atoms with Crippen LogP contribution in [0.5, 0.6) is 0 Å². The number of hydrogen-bond acceptors (Lipinski definition) is 2. The number of hydrogen-bond donors (Lipinski definition) is 3. The van der Waals surface area contributed by atoms with Crippen LogP contribution in [0.25, 0.3) is 0 Å². The quantitative estimate of drug-likeness (QED) is 0.721. The molecule has 106 valence electrons. The van der Waals surface area contributed by atoms with Gasteiger partial charge in [0.2, 0.25) is 0 Å². The lowest BCUT2D eigenvalue weighted by Gasteiger charge is -2.10. The van der Waals surface area contributed by atoms with E-state index in [-0.39, 0.29) is 18.4 Å². The van der Waals surface area contributed by atoms with Gasteiger partial charge in [0.15, 0.2) is 0 Å². The minimum Gasteiger partial charge on any atom is -0.481 e. The fourth-order valence-electron chi connectivity index (χ4n) is 1.66. The van der Waals surface area contributed by atoms with Crippen molar-refractivity contribution in [2.45, 2.75) is 26.2 Å². The normalized spacial score (nSPS) is 10.9. The van der Waals surface area contributed by atoms with E-state index < -0.39 is 5.97 Å². The first kappa shape index (κ1) is 15.6. The minimum absolute atomic E-state index is 0.0600. The summed E-state index contributed by atoms with van der Waals surface area (Å²) >= 11 is 0. The number of carbonyl (C=O) groups excluding carboxylic acids is 1. The third-order valence-electron chi connectivity index (χ3n) is 2.73. The molecule has 2 amide bonds. The number of benzene rings is 1. The van der Waals surface area contributed by atoms with Gasteiger partial charge in [-0.3, -0.25) is 4.79 Å². The summed E-state index contributed by atoms with van der Waals surface area (Å²) < 4.78 is 0. The highest BCUT2D eigenvalue weighted by Gasteiger charge is 2.10. The Labute approximate surface area is 118 Å². The minimum atomic E-state index is -0.823. The number of carboxylic acid groups (broad SMARTS) is 1. The van der Waals surface area contributed by atoms with Gasteiger partial charge in [-0.25, -0.2) is 4.79 Å². The Kier molecular flexibility index (Phi) is 6.11. The van der Waals surface area contributed by atoms with E-state index >= 15 is 0 Å². The van der Waals surface area contributed by atoms with Crippen LogP contribution in [0.3, 0.4) is 0 Å². The van der Waals surface area contributed by atoms with Crippen molar-refractivity contribution in [1.29, 1.82) is 0 Å². The lowest BCUT2D eigenvalue weighted by Crippen LogP contribution is -2.28. The molecule has 0 fully saturated rings. The van der Waals surface area contributed by atoms with Crippen molar-refractivity contribution in [3.05, 3.63) is 29.8 Å². The number of anilines is 1. The van der Waals surface area contributed by atoms with Crippen molar-refractivity contribution in [2.24, 2.45) is 0 Å². The molecular weight excluding hydrogens is 256 g/mol. The second-order valence-electron chi connectivity index (χ2n) is 4.36. The van der Waals surface area contributed by atoms with Crippen LogP contribution >= 0.6 is 0 Å². The van der Waals surface area contributed by atoms with Gasteiger partial charge in [0.1, 0.15) is 0 Å². The van der Waals surface area contributed by atoms with E-state index in [1.165, 1.54) is 0 Å². The first-order chi connectivity index (χ1) is 9.52. The molecule has 0 radical (unpaired) electrons. The second kappa shape index (κ2) is 7.85. The van der Waals surface area contributed by atoms with Crippen molar-refractivity contribution in [2.75, 3.05) is 11.9 Å². The summed E-state index contributed by atoms with van der Waals surface area (Å²) in [5.41, 5.74) is 1.58. The zero-order valence-corrected chi connectivity index (χ0v) is 11.6. The molecule has 1 aromatic rings. The zero-order valence-electron chi connectivity index (χ0n) is 11.6. The van der Waals surface area contributed by atoms with Crippen molar-refractivity contribution >= 4 is 17.7 Å². The Bertz CT molecular complexity index is 526. The maximum atomic E-state index is 11.5. The van der Waals surface area contributed by atoms with E-state index in [2.05, 4.69) is 22.5 Å². The number of amides is 2. The fourth-order valence-corrected chi connectivity index (χ4v) is 1.66. The van der Waals surface area contributed by atoms with Gasteiger partial charge in [-0.2, -0.15) is 0 Å². The van der Waals surface area contributed by atoms with Gasteiger partial charge in [-0.15, -0.1) is 5.92 Å². The number of carboxylic acids is 1. The summed E-state index contributed by atoms with van der Waals surface area (Å²) in [6.07, 6.45) is 0.0863. The molecule has 0 aliphatic rings. The molecule has 20 heavy (non-hydrogen) atoms. The van der Waals surface area contributed by atoms with Crippen LogP contribution in [-0.2, 0) is 4.79 Å². The molecule has 5 nitrogen and oxygen atoms in total. The number of urea groups is 1. The summed E-state index contributed by atoms with van der Waals surface area (Å²) in [5.74, 6) is 4.53. The lowest BCUT2D eigenvalue weighted by molar-refractivity contribution is -0.137. The average Bonchev–Trinajstić information content (AvgIpc) is 2.39. The van der Waals surface area contributed by atoms with Crippen LogP contribution < -0.4 is 10.6 Å². The van der Waals surface area contributed by atoms with Crippen LogP contribution in [0.1, 0.15) is 31.7 Å². The van der Waals surface area contributed by atoms with Crippen LogP contribution in [0.15, 0.2) is 24.3 Å². The van der Waals surface area contributed by atoms with Gasteiger partial charge in [-0.05, 0) is 30.5 Å². The van der Waals surface area contributed by atoms with E-state index in [1.54, 1.807) is 19.1 Å². The van der Waals surface area contributed by atoms with Crippen LogP contribution in [0.4, 0.5) is 10.5 Å². The Morgan fingerprint density at radius 3 is 2.50 bits per heavy atom. The lowest BCUT2D eigenvalue weighted by atomic mass is 9.98. The third-order valence-corrected chi connectivity index (χ3v) is 2.73. The first-order valence-corrected chi connectivity index (χ1v) is 6.29. The van der Waals surface area contributed by atoms with Gasteiger partial charge < -0.3 is 15.7 Å². The molecule has 0 aliphatic heterocycles. The molecule has 0 saturated heterocycles. The number of carbonyl (C=O) groups is 2. The van der Waals surface area contributed by atoms with Crippen molar-refractivity contribution in [1.82, 2.24) is 5.32 Å². The summed E-state index contributed by atoms with van der Waals surface area (Å²) in [7, 11) is 0. The van der Waals surface area contributed by atoms with Gasteiger partial charge in [0.05, 0.1) is 13.0 Å². The Balaban J connectivity index is 2.55. The SMILES string of the molecule is CC#CCNC(=O)Nc1ccc(C(C)CC(=O)O)cc1. The number of aliphatic carboxylic acids is 1. The molecule has 1 rings (SSSR count). The number of nitrogens with one attached hydrogen (secondary N) is 2. The molecule has 0 spiro atoms. The van der Waals surface area contributed by atoms with Crippen molar-refractivity contribution in [3.63, 3.8) is 0 Å². The topological polar surface area (TPSA) is 78.4 Å². The highest BCUT2D eigenvalue weighted by Crippen LogP contribution is 2.20. The van der Waals surface area contributed by atoms with Gasteiger partial charge >= 0.3 is 12.0 Å². The summed E-state index contributed by atoms with van der Waals surface area (Å²) in [6, 6.07) is 6.81. The molecule has 0 heterocycles. The van der Waals surface area contributed by atoms with Gasteiger partial charge in [-0.1, -0.05) is 25.0 Å². The molecule has 0 aliphatic carbocycles. The molecule has 0 bridgehead atoms. The largest absolute Gasteiger partial charge is 0.481 e. The molecule has 1 atom stereocenters. The Hall–Kier alpha value is -2.48. The fraction of sp³-hybridized carbons (Fsp3) is 0.333. The van der Waals surface area contributed by atoms with Crippen molar-refractivity contribution in [3.8, 4) is 11.8 Å². The maximum absolute atomic E-state index is 11.5. The Morgan fingerprint density at radius 1 is 1.30 bits per heavy atom. The molecule has 0 saturated carbocycles. The van der Waals surface area contributed by atoms with Crippen LogP contribution in [-0.4, -0.2) is 23.7 Å². The molecular formula is C15H18N2O3. The van der Waals surface area contributed by atoms with E-state index in [9.17, 15) is 9.59 Å². The summed E-state index contributed by atoms with van der Waals surface area (Å²) in [6.45, 7) is 3.86. The van der Waals surface area contributed by atoms with E-state index in [4.69, 9.17) is 5.11 Å².